The van der Waals surface area contributed by atoms with Crippen LogP contribution in [0.4, 0.5) is 0 Å². The van der Waals surface area contributed by atoms with Crippen molar-refractivity contribution in [3.63, 3.8) is 0 Å². The molecule has 0 amide bonds. The zero-order chi connectivity index (χ0) is 8.60. The minimum absolute atomic E-state index is 0.678. The number of hydrogen-bond acceptors (Lipinski definition) is 3. The molecule has 2 nitrogen and oxygen atoms in total. The van der Waals surface area contributed by atoms with Crippen molar-refractivity contribution in [2.75, 3.05) is 45.5 Å². The van der Waals surface area contributed by atoms with E-state index in [1.807, 2.05) is 0 Å². The van der Waals surface area contributed by atoms with Crippen LogP contribution in [0.25, 0.3) is 0 Å². The first-order chi connectivity index (χ1) is 5.74. The fraction of sp³-hybridized carbons (Fsp3) is 1.00. The van der Waals surface area contributed by atoms with Gasteiger partial charge in [0.25, 0.3) is 0 Å². The Labute approximate surface area is 80.3 Å². The first-order valence-electron chi connectivity index (χ1n) is 4.76. The molecule has 2 fully saturated rings. The van der Waals surface area contributed by atoms with Gasteiger partial charge in [0.1, 0.15) is 0 Å². The first kappa shape index (κ1) is 8.85. The summed E-state index contributed by atoms with van der Waals surface area (Å²) in [6.45, 7) is 6.42. The molecule has 0 bridgehead atoms. The van der Waals surface area contributed by atoms with E-state index < -0.39 is 0 Å². The summed E-state index contributed by atoms with van der Waals surface area (Å²) in [7, 11) is 2.21. The second kappa shape index (κ2) is 3.20. The van der Waals surface area contributed by atoms with E-state index >= 15 is 0 Å². The molecule has 0 N–H and O–H groups in total. The van der Waals surface area contributed by atoms with Crippen LogP contribution in [0.1, 0.15) is 6.42 Å². The van der Waals surface area contributed by atoms with Crippen LogP contribution in [0.3, 0.4) is 0 Å². The Bertz CT molecular complexity index is 166. The second-order valence-corrected chi connectivity index (χ2v) is 4.87. The summed E-state index contributed by atoms with van der Waals surface area (Å²) in [5, 5.41) is 0. The number of thiol groups is 1. The molecule has 70 valence electrons. The van der Waals surface area contributed by atoms with Crippen LogP contribution in [0.5, 0.6) is 0 Å². The first-order valence-corrected chi connectivity index (χ1v) is 5.39. The van der Waals surface area contributed by atoms with Crippen LogP contribution in [0, 0.1) is 5.41 Å². The van der Waals surface area contributed by atoms with E-state index in [0.717, 1.165) is 5.75 Å². The van der Waals surface area contributed by atoms with Crippen molar-refractivity contribution < 1.29 is 0 Å². The van der Waals surface area contributed by atoms with Gasteiger partial charge in [0.05, 0.1) is 0 Å². The van der Waals surface area contributed by atoms with Gasteiger partial charge in [-0.3, -0.25) is 0 Å². The summed E-state index contributed by atoms with van der Waals surface area (Å²) in [5.74, 6) is 1.01. The Morgan fingerprint density at radius 2 is 2.08 bits per heavy atom. The Hall–Kier alpha value is 0.270. The predicted octanol–water partition coefficient (Wildman–Crippen LogP) is 0.554. The highest BCUT2D eigenvalue weighted by atomic mass is 32.1. The van der Waals surface area contributed by atoms with Crippen molar-refractivity contribution in [2.24, 2.45) is 5.41 Å². The molecular weight excluding hydrogens is 168 g/mol. The molecule has 0 aliphatic carbocycles. The van der Waals surface area contributed by atoms with Crippen LogP contribution in [0.2, 0.25) is 0 Å². The fourth-order valence-corrected chi connectivity index (χ4v) is 3.00. The predicted molar refractivity (Wildman–Crippen MR) is 54.8 cm³/mol. The lowest BCUT2D eigenvalue weighted by Crippen LogP contribution is -2.55. The molecule has 2 saturated heterocycles. The van der Waals surface area contributed by atoms with Gasteiger partial charge in [0.15, 0.2) is 0 Å². The van der Waals surface area contributed by atoms with Gasteiger partial charge in [-0.2, -0.15) is 12.6 Å². The molecule has 1 spiro atoms. The van der Waals surface area contributed by atoms with Gasteiger partial charge in [-0.15, -0.1) is 0 Å². The molecule has 2 aliphatic heterocycles. The van der Waals surface area contributed by atoms with E-state index in [4.69, 9.17) is 0 Å². The van der Waals surface area contributed by atoms with Gasteiger partial charge in [-0.1, -0.05) is 0 Å². The van der Waals surface area contributed by atoms with E-state index in [9.17, 15) is 0 Å². The van der Waals surface area contributed by atoms with Gasteiger partial charge in [-0.05, 0) is 20.0 Å². The van der Waals surface area contributed by atoms with Gasteiger partial charge in [0.2, 0.25) is 0 Å². The Morgan fingerprint density at radius 1 is 1.33 bits per heavy atom. The molecule has 0 aromatic carbocycles. The number of rotatable bonds is 2. The maximum absolute atomic E-state index is 4.27. The molecule has 2 rings (SSSR count). The van der Waals surface area contributed by atoms with E-state index in [0.29, 0.717) is 5.41 Å². The molecule has 3 heteroatoms. The summed E-state index contributed by atoms with van der Waals surface area (Å²) in [6, 6.07) is 0. The normalized spacial score (nSPS) is 29.5. The van der Waals surface area contributed by atoms with Crippen molar-refractivity contribution in [3.05, 3.63) is 0 Å². The summed E-state index contributed by atoms with van der Waals surface area (Å²) in [4.78, 5) is 4.98. The monoisotopic (exact) mass is 186 g/mol. The van der Waals surface area contributed by atoms with Gasteiger partial charge < -0.3 is 9.80 Å². The highest BCUT2D eigenvalue weighted by Crippen LogP contribution is 2.38. The molecule has 12 heavy (non-hydrogen) atoms. The average molecular weight is 186 g/mol. The lowest BCUT2D eigenvalue weighted by Gasteiger charge is -2.46. The lowest BCUT2D eigenvalue weighted by molar-refractivity contribution is 0.0314. The largest absolute Gasteiger partial charge is 0.305 e. The molecule has 0 saturated carbocycles. The quantitative estimate of drug-likeness (QED) is 0.629. The molecule has 2 aliphatic rings. The molecule has 0 radical (unpaired) electrons. The smallest absolute Gasteiger partial charge is 0.00967 e. The van der Waals surface area contributed by atoms with Crippen molar-refractivity contribution >= 4 is 12.6 Å². The van der Waals surface area contributed by atoms with E-state index in [2.05, 4.69) is 29.5 Å². The topological polar surface area (TPSA) is 6.48 Å². The van der Waals surface area contributed by atoms with Crippen LogP contribution in [-0.2, 0) is 0 Å². The van der Waals surface area contributed by atoms with Crippen LogP contribution in [0.15, 0.2) is 0 Å². The Kier molecular flexibility index (Phi) is 2.36. The van der Waals surface area contributed by atoms with Crippen molar-refractivity contribution in [1.82, 2.24) is 9.80 Å². The van der Waals surface area contributed by atoms with Crippen molar-refractivity contribution in [3.8, 4) is 0 Å². The molecule has 2 heterocycles. The van der Waals surface area contributed by atoms with Gasteiger partial charge >= 0.3 is 0 Å². The fourth-order valence-electron chi connectivity index (χ4n) is 2.72. The highest BCUT2D eigenvalue weighted by Gasteiger charge is 2.45. The lowest BCUT2D eigenvalue weighted by atomic mass is 9.79. The Morgan fingerprint density at radius 3 is 2.67 bits per heavy atom. The summed E-state index contributed by atoms with van der Waals surface area (Å²) in [5.41, 5.74) is 0.678. The summed E-state index contributed by atoms with van der Waals surface area (Å²) < 4.78 is 0. The summed E-state index contributed by atoms with van der Waals surface area (Å²) in [6.07, 6.45) is 1.41. The maximum atomic E-state index is 4.27. The number of likely N-dealkylation sites (tertiary alicyclic amines) is 2. The maximum Gasteiger partial charge on any atom is 0.00967 e. The Balaban J connectivity index is 1.82. The molecular formula is C9H18N2S. The number of hydrogen-bond donors (Lipinski definition) is 1. The van der Waals surface area contributed by atoms with Gasteiger partial charge in [0, 0.05) is 37.3 Å². The van der Waals surface area contributed by atoms with E-state index in [1.165, 1.54) is 39.1 Å². The third kappa shape index (κ3) is 1.50. The van der Waals surface area contributed by atoms with Crippen molar-refractivity contribution in [2.45, 2.75) is 6.42 Å². The SMILES string of the molecule is CN1CC2(CCN(CCS)C2)C1. The minimum Gasteiger partial charge on any atom is -0.305 e. The number of nitrogens with zero attached hydrogens (tertiary/aromatic N) is 2. The third-order valence-electron chi connectivity index (χ3n) is 3.14. The third-order valence-corrected chi connectivity index (χ3v) is 3.34. The van der Waals surface area contributed by atoms with Gasteiger partial charge in [-0.25, -0.2) is 0 Å². The van der Waals surface area contributed by atoms with E-state index in [1.54, 1.807) is 0 Å². The van der Waals surface area contributed by atoms with E-state index in [-0.39, 0.29) is 0 Å². The zero-order valence-corrected chi connectivity index (χ0v) is 8.69. The molecule has 0 unspecified atom stereocenters. The minimum atomic E-state index is 0.678. The van der Waals surface area contributed by atoms with Crippen LogP contribution in [-0.4, -0.2) is 55.3 Å². The average Bonchev–Trinajstić information content (AvgIpc) is 2.33. The van der Waals surface area contributed by atoms with Crippen LogP contribution < -0.4 is 0 Å². The standard InChI is InChI=1S/C9H18N2S/c1-10-6-9(7-10)2-3-11(8-9)4-5-12/h12H,2-8H2,1H3. The molecule has 0 aromatic heterocycles. The molecule has 0 atom stereocenters. The second-order valence-electron chi connectivity index (χ2n) is 4.42. The zero-order valence-electron chi connectivity index (χ0n) is 7.79. The molecule has 0 aromatic rings. The van der Waals surface area contributed by atoms with Crippen molar-refractivity contribution in [1.29, 1.82) is 0 Å². The van der Waals surface area contributed by atoms with Crippen LogP contribution >= 0.6 is 12.6 Å². The highest BCUT2D eigenvalue weighted by molar-refractivity contribution is 7.80. The summed E-state index contributed by atoms with van der Waals surface area (Å²) >= 11 is 4.27.